The number of benzene rings is 1. The van der Waals surface area contributed by atoms with Crippen molar-refractivity contribution in [2.45, 2.75) is 51.3 Å². The maximum atomic E-state index is 12.6. The quantitative estimate of drug-likeness (QED) is 0.841. The van der Waals surface area contributed by atoms with E-state index in [1.807, 2.05) is 13.8 Å². The van der Waals surface area contributed by atoms with E-state index in [0.29, 0.717) is 18.4 Å². The average molecular weight is 260 g/mol. The molecular formula is C14H19F3O. The van der Waals surface area contributed by atoms with Crippen LogP contribution < -0.4 is 0 Å². The van der Waals surface area contributed by atoms with Gasteiger partial charge in [-0.25, -0.2) is 0 Å². The van der Waals surface area contributed by atoms with Gasteiger partial charge in [0.2, 0.25) is 0 Å². The lowest BCUT2D eigenvalue weighted by Gasteiger charge is -2.26. The number of alkyl halides is 3. The molecule has 0 aliphatic rings. The molecule has 1 unspecified atom stereocenters. The Bertz CT molecular complexity index is 387. The molecule has 102 valence electrons. The molecule has 0 amide bonds. The summed E-state index contributed by atoms with van der Waals surface area (Å²) in [5.74, 6) is 0. The van der Waals surface area contributed by atoms with E-state index in [2.05, 4.69) is 0 Å². The van der Waals surface area contributed by atoms with E-state index >= 15 is 0 Å². The van der Waals surface area contributed by atoms with Gasteiger partial charge in [-0.1, -0.05) is 38.5 Å². The second-order valence-corrected chi connectivity index (χ2v) is 4.70. The van der Waals surface area contributed by atoms with Crippen molar-refractivity contribution in [3.05, 3.63) is 35.4 Å². The third-order valence-corrected chi connectivity index (χ3v) is 3.16. The van der Waals surface area contributed by atoms with Crippen LogP contribution in [0.25, 0.3) is 0 Å². The van der Waals surface area contributed by atoms with Gasteiger partial charge in [0, 0.05) is 6.42 Å². The minimum absolute atomic E-state index is 0.265. The van der Waals surface area contributed by atoms with Crippen LogP contribution in [-0.2, 0) is 12.6 Å². The molecule has 0 heterocycles. The third-order valence-electron chi connectivity index (χ3n) is 3.16. The average Bonchev–Trinajstić information content (AvgIpc) is 2.28. The van der Waals surface area contributed by atoms with Gasteiger partial charge in [0.15, 0.2) is 0 Å². The van der Waals surface area contributed by atoms with Gasteiger partial charge in [0.25, 0.3) is 0 Å². The van der Waals surface area contributed by atoms with Crippen molar-refractivity contribution in [3.8, 4) is 0 Å². The molecular weight excluding hydrogens is 241 g/mol. The monoisotopic (exact) mass is 260 g/mol. The summed E-state index contributed by atoms with van der Waals surface area (Å²) in [6.07, 6.45) is -2.12. The van der Waals surface area contributed by atoms with Gasteiger partial charge < -0.3 is 5.11 Å². The van der Waals surface area contributed by atoms with Gasteiger partial charge in [-0.3, -0.25) is 0 Å². The number of hydrogen-bond donors (Lipinski definition) is 1. The molecule has 4 heteroatoms. The number of rotatable bonds is 5. The van der Waals surface area contributed by atoms with E-state index in [1.165, 1.54) is 6.07 Å². The van der Waals surface area contributed by atoms with Crippen molar-refractivity contribution in [1.82, 2.24) is 0 Å². The van der Waals surface area contributed by atoms with Gasteiger partial charge >= 0.3 is 6.18 Å². The Labute approximate surface area is 106 Å². The summed E-state index contributed by atoms with van der Waals surface area (Å²) in [5, 5.41) is 10.3. The molecule has 18 heavy (non-hydrogen) atoms. The van der Waals surface area contributed by atoms with Crippen LogP contribution in [0.3, 0.4) is 0 Å². The molecule has 0 aliphatic carbocycles. The van der Waals surface area contributed by atoms with Crippen LogP contribution in [0.2, 0.25) is 0 Å². The van der Waals surface area contributed by atoms with E-state index in [-0.39, 0.29) is 6.42 Å². The smallest absolute Gasteiger partial charge is 0.390 e. The fourth-order valence-corrected chi connectivity index (χ4v) is 2.09. The molecule has 0 saturated heterocycles. The molecule has 0 aliphatic heterocycles. The lowest BCUT2D eigenvalue weighted by atomic mass is 9.87. The first-order valence-corrected chi connectivity index (χ1v) is 6.19. The molecule has 1 rings (SSSR count). The van der Waals surface area contributed by atoms with Gasteiger partial charge in [-0.05, 0) is 24.5 Å². The fourth-order valence-electron chi connectivity index (χ4n) is 2.09. The zero-order chi connectivity index (χ0) is 13.8. The molecule has 0 fully saturated rings. The molecule has 1 nitrogen and oxygen atoms in total. The zero-order valence-corrected chi connectivity index (χ0v) is 10.7. The van der Waals surface area contributed by atoms with Crippen LogP contribution >= 0.6 is 0 Å². The largest absolute Gasteiger partial charge is 0.416 e. The first-order valence-electron chi connectivity index (χ1n) is 6.19. The van der Waals surface area contributed by atoms with Crippen LogP contribution in [0.15, 0.2) is 24.3 Å². The van der Waals surface area contributed by atoms with Gasteiger partial charge in [0.05, 0.1) is 11.2 Å². The van der Waals surface area contributed by atoms with E-state index in [0.717, 1.165) is 18.6 Å². The first kappa shape index (κ1) is 15.0. The summed E-state index contributed by atoms with van der Waals surface area (Å²) in [5.41, 5.74) is -1.03. The Kier molecular flexibility index (Phi) is 4.79. The standard InChI is InChI=1S/C14H19F3O/c1-3-8-13(18,4-2)10-11-6-5-7-12(9-11)14(15,16)17/h5-7,9,18H,3-4,8,10H2,1-2H3. The molecule has 1 aromatic rings. The topological polar surface area (TPSA) is 20.2 Å². The maximum Gasteiger partial charge on any atom is 0.416 e. The minimum Gasteiger partial charge on any atom is -0.390 e. The molecule has 0 saturated carbocycles. The van der Waals surface area contributed by atoms with E-state index in [4.69, 9.17) is 0 Å². The normalized spacial score (nSPS) is 15.4. The van der Waals surface area contributed by atoms with E-state index in [1.54, 1.807) is 6.07 Å². The van der Waals surface area contributed by atoms with Gasteiger partial charge in [-0.2, -0.15) is 13.2 Å². The molecule has 1 aromatic carbocycles. The van der Waals surface area contributed by atoms with Crippen LogP contribution in [0.1, 0.15) is 44.2 Å². The molecule has 0 radical (unpaired) electrons. The summed E-state index contributed by atoms with van der Waals surface area (Å²) in [6.45, 7) is 3.80. The highest BCUT2D eigenvalue weighted by atomic mass is 19.4. The summed E-state index contributed by atoms with van der Waals surface area (Å²) in [7, 11) is 0. The van der Waals surface area contributed by atoms with Crippen LogP contribution in [0.5, 0.6) is 0 Å². The van der Waals surface area contributed by atoms with E-state index < -0.39 is 17.3 Å². The highest BCUT2D eigenvalue weighted by Crippen LogP contribution is 2.31. The maximum absolute atomic E-state index is 12.6. The Morgan fingerprint density at radius 3 is 2.33 bits per heavy atom. The van der Waals surface area contributed by atoms with Crippen molar-refractivity contribution in [2.24, 2.45) is 0 Å². The number of hydrogen-bond acceptors (Lipinski definition) is 1. The lowest BCUT2D eigenvalue weighted by Crippen LogP contribution is -2.30. The minimum atomic E-state index is -4.33. The molecule has 0 aromatic heterocycles. The molecule has 1 N–H and O–H groups in total. The summed E-state index contributed by atoms with van der Waals surface area (Å²) >= 11 is 0. The summed E-state index contributed by atoms with van der Waals surface area (Å²) in [6, 6.07) is 5.19. The Balaban J connectivity index is 2.91. The predicted molar refractivity (Wildman–Crippen MR) is 65.3 cm³/mol. The highest BCUT2D eigenvalue weighted by Gasteiger charge is 2.31. The SMILES string of the molecule is CCCC(O)(CC)Cc1cccc(C(F)(F)F)c1. The van der Waals surface area contributed by atoms with Gasteiger partial charge in [0.1, 0.15) is 0 Å². The second-order valence-electron chi connectivity index (χ2n) is 4.70. The molecule has 1 atom stereocenters. The lowest BCUT2D eigenvalue weighted by molar-refractivity contribution is -0.137. The zero-order valence-electron chi connectivity index (χ0n) is 10.7. The van der Waals surface area contributed by atoms with Crippen molar-refractivity contribution in [1.29, 1.82) is 0 Å². The number of aliphatic hydroxyl groups is 1. The van der Waals surface area contributed by atoms with Crippen molar-refractivity contribution < 1.29 is 18.3 Å². The highest BCUT2D eigenvalue weighted by molar-refractivity contribution is 5.26. The van der Waals surface area contributed by atoms with E-state index in [9.17, 15) is 18.3 Å². The van der Waals surface area contributed by atoms with Crippen LogP contribution in [0, 0.1) is 0 Å². The predicted octanol–water partition coefficient (Wildman–Crippen LogP) is 4.19. The second kappa shape index (κ2) is 5.74. The van der Waals surface area contributed by atoms with Crippen molar-refractivity contribution in [2.75, 3.05) is 0 Å². The first-order chi connectivity index (χ1) is 8.30. The Morgan fingerprint density at radius 1 is 1.17 bits per heavy atom. The summed E-state index contributed by atoms with van der Waals surface area (Å²) in [4.78, 5) is 0. The van der Waals surface area contributed by atoms with Crippen molar-refractivity contribution in [3.63, 3.8) is 0 Å². The molecule has 0 spiro atoms. The van der Waals surface area contributed by atoms with Crippen LogP contribution in [0.4, 0.5) is 13.2 Å². The fraction of sp³-hybridized carbons (Fsp3) is 0.571. The number of halogens is 3. The van der Waals surface area contributed by atoms with Crippen molar-refractivity contribution >= 4 is 0 Å². The van der Waals surface area contributed by atoms with Crippen LogP contribution in [-0.4, -0.2) is 10.7 Å². The molecule has 0 bridgehead atoms. The Hall–Kier alpha value is -1.03. The third kappa shape index (κ3) is 4.02. The summed E-state index contributed by atoms with van der Waals surface area (Å²) < 4.78 is 37.7. The van der Waals surface area contributed by atoms with Gasteiger partial charge in [-0.15, -0.1) is 0 Å². The Morgan fingerprint density at radius 2 is 1.83 bits per heavy atom.